The summed E-state index contributed by atoms with van der Waals surface area (Å²) in [7, 11) is 0. The third-order valence-corrected chi connectivity index (χ3v) is 3.82. The Morgan fingerprint density at radius 3 is 2.47 bits per heavy atom. The van der Waals surface area contributed by atoms with Gasteiger partial charge < -0.3 is 10.2 Å². The molecule has 98 valence electrons. The van der Waals surface area contributed by atoms with Crippen LogP contribution in [0, 0.1) is 0 Å². The van der Waals surface area contributed by atoms with E-state index >= 15 is 0 Å². The van der Waals surface area contributed by atoms with E-state index in [1.54, 1.807) is 0 Å². The zero-order valence-corrected chi connectivity index (χ0v) is 11.5. The summed E-state index contributed by atoms with van der Waals surface area (Å²) in [5, 5.41) is 4.36. The molecule has 1 atom stereocenters. The van der Waals surface area contributed by atoms with Crippen molar-refractivity contribution in [2.24, 2.45) is 0 Å². The van der Waals surface area contributed by atoms with E-state index in [-0.39, 0.29) is 0 Å². The molecule has 1 saturated heterocycles. The number of anilines is 1. The van der Waals surface area contributed by atoms with Gasteiger partial charge in [-0.25, -0.2) is 0 Å². The van der Waals surface area contributed by atoms with Crippen molar-refractivity contribution >= 4 is 17.3 Å². The van der Waals surface area contributed by atoms with Gasteiger partial charge in [0, 0.05) is 36.4 Å². The lowest BCUT2D eigenvalue weighted by Crippen LogP contribution is -2.45. The van der Waals surface area contributed by atoms with Crippen LogP contribution in [0.1, 0.15) is 11.6 Å². The second-order valence-corrected chi connectivity index (χ2v) is 5.28. The third kappa shape index (κ3) is 2.91. The Morgan fingerprint density at radius 2 is 1.74 bits per heavy atom. The summed E-state index contributed by atoms with van der Waals surface area (Å²) in [4.78, 5) is 2.43. The second-order valence-electron chi connectivity index (χ2n) is 4.84. The van der Waals surface area contributed by atoms with Crippen molar-refractivity contribution in [1.29, 1.82) is 0 Å². The molecule has 2 aromatic carbocycles. The van der Waals surface area contributed by atoms with Gasteiger partial charge in [0.1, 0.15) is 0 Å². The monoisotopic (exact) mass is 272 g/mol. The second kappa shape index (κ2) is 5.64. The Labute approximate surface area is 119 Å². The van der Waals surface area contributed by atoms with Gasteiger partial charge in [-0.1, -0.05) is 41.9 Å². The molecule has 3 rings (SSSR count). The van der Waals surface area contributed by atoms with Crippen LogP contribution in [0.5, 0.6) is 0 Å². The maximum atomic E-state index is 5.94. The summed E-state index contributed by atoms with van der Waals surface area (Å²) in [5.74, 6) is 0. The maximum Gasteiger partial charge on any atom is 0.0498 e. The normalized spacial score (nSPS) is 19.4. The molecule has 1 fully saturated rings. The predicted octanol–water partition coefficient (Wildman–Crippen LogP) is 3.49. The summed E-state index contributed by atoms with van der Waals surface area (Å²) in [6.45, 7) is 3.04. The molecule has 0 unspecified atom stereocenters. The van der Waals surface area contributed by atoms with Gasteiger partial charge in [-0.3, -0.25) is 0 Å². The summed E-state index contributed by atoms with van der Waals surface area (Å²) < 4.78 is 0. The van der Waals surface area contributed by atoms with Gasteiger partial charge >= 0.3 is 0 Å². The average molecular weight is 273 g/mol. The van der Waals surface area contributed by atoms with Crippen molar-refractivity contribution in [1.82, 2.24) is 5.32 Å². The number of hydrogen-bond donors (Lipinski definition) is 1. The Kier molecular flexibility index (Phi) is 3.72. The lowest BCUT2D eigenvalue weighted by molar-refractivity contribution is 0.472. The summed E-state index contributed by atoms with van der Waals surface area (Å²) in [5.41, 5.74) is 2.59. The minimum absolute atomic E-state index is 0.367. The van der Waals surface area contributed by atoms with E-state index in [1.165, 1.54) is 11.3 Å². The van der Waals surface area contributed by atoms with Crippen molar-refractivity contribution in [2.75, 3.05) is 24.5 Å². The van der Waals surface area contributed by atoms with Crippen molar-refractivity contribution in [3.8, 4) is 0 Å². The quantitative estimate of drug-likeness (QED) is 0.900. The van der Waals surface area contributed by atoms with Crippen LogP contribution in [-0.2, 0) is 0 Å². The van der Waals surface area contributed by atoms with Crippen LogP contribution < -0.4 is 10.2 Å². The van der Waals surface area contributed by atoms with E-state index in [4.69, 9.17) is 11.6 Å². The van der Waals surface area contributed by atoms with Gasteiger partial charge in [-0.2, -0.15) is 0 Å². The van der Waals surface area contributed by atoms with E-state index in [0.717, 1.165) is 24.7 Å². The van der Waals surface area contributed by atoms with Crippen molar-refractivity contribution in [2.45, 2.75) is 6.04 Å². The Morgan fingerprint density at radius 1 is 1.00 bits per heavy atom. The van der Waals surface area contributed by atoms with Crippen LogP contribution in [0.3, 0.4) is 0 Å². The van der Waals surface area contributed by atoms with E-state index in [0.29, 0.717) is 6.04 Å². The predicted molar refractivity (Wildman–Crippen MR) is 80.9 cm³/mol. The fourth-order valence-electron chi connectivity index (χ4n) is 2.54. The number of rotatable bonds is 2. The average Bonchev–Trinajstić information content (AvgIpc) is 2.49. The largest absolute Gasteiger partial charge is 0.368 e. The smallest absolute Gasteiger partial charge is 0.0498 e. The first-order chi connectivity index (χ1) is 9.33. The number of para-hydroxylation sites is 1. The molecular weight excluding hydrogens is 256 g/mol. The minimum atomic E-state index is 0.367. The van der Waals surface area contributed by atoms with Crippen molar-refractivity contribution in [3.05, 3.63) is 65.2 Å². The fourth-order valence-corrected chi connectivity index (χ4v) is 2.67. The Hall–Kier alpha value is -1.51. The number of nitrogens with zero attached hydrogens (tertiary/aromatic N) is 1. The highest BCUT2D eigenvalue weighted by molar-refractivity contribution is 6.30. The van der Waals surface area contributed by atoms with Gasteiger partial charge in [0.2, 0.25) is 0 Å². The lowest BCUT2D eigenvalue weighted by Gasteiger charge is -2.35. The molecule has 0 aliphatic carbocycles. The zero-order chi connectivity index (χ0) is 13.1. The number of piperazine rings is 1. The molecule has 1 aliphatic heterocycles. The molecule has 0 amide bonds. The van der Waals surface area contributed by atoms with E-state index in [9.17, 15) is 0 Å². The highest BCUT2D eigenvalue weighted by Gasteiger charge is 2.20. The topological polar surface area (TPSA) is 15.3 Å². The fraction of sp³-hybridized carbons (Fsp3) is 0.250. The van der Waals surface area contributed by atoms with Crippen LogP contribution in [0.2, 0.25) is 5.02 Å². The molecule has 1 aliphatic rings. The van der Waals surface area contributed by atoms with Gasteiger partial charge in [0.05, 0.1) is 0 Å². The lowest BCUT2D eigenvalue weighted by atomic mass is 10.0. The third-order valence-electron chi connectivity index (χ3n) is 3.57. The molecular formula is C16H17ClN2. The van der Waals surface area contributed by atoms with Crippen LogP contribution >= 0.6 is 11.6 Å². The van der Waals surface area contributed by atoms with Gasteiger partial charge in [0.15, 0.2) is 0 Å². The van der Waals surface area contributed by atoms with Gasteiger partial charge in [-0.15, -0.1) is 0 Å². The van der Waals surface area contributed by atoms with E-state index in [2.05, 4.69) is 52.7 Å². The number of halogens is 1. The highest BCUT2D eigenvalue weighted by Crippen LogP contribution is 2.23. The summed E-state index contributed by atoms with van der Waals surface area (Å²) in [6.07, 6.45) is 0. The zero-order valence-electron chi connectivity index (χ0n) is 10.7. The standard InChI is InChI=1S/C16H17ClN2/c17-14-8-6-13(7-9-14)16-12-19(11-10-18-16)15-4-2-1-3-5-15/h1-9,16,18H,10-12H2/t16-/m0/s1. The molecule has 1 heterocycles. The Bertz CT molecular complexity index is 524. The number of hydrogen-bond acceptors (Lipinski definition) is 2. The van der Waals surface area contributed by atoms with Crippen LogP contribution in [-0.4, -0.2) is 19.6 Å². The highest BCUT2D eigenvalue weighted by atomic mass is 35.5. The minimum Gasteiger partial charge on any atom is -0.368 e. The maximum absolute atomic E-state index is 5.94. The van der Waals surface area contributed by atoms with E-state index < -0.39 is 0 Å². The van der Waals surface area contributed by atoms with Crippen LogP contribution in [0.4, 0.5) is 5.69 Å². The van der Waals surface area contributed by atoms with Gasteiger partial charge in [0.25, 0.3) is 0 Å². The van der Waals surface area contributed by atoms with Crippen molar-refractivity contribution < 1.29 is 0 Å². The van der Waals surface area contributed by atoms with E-state index in [1.807, 2.05) is 12.1 Å². The SMILES string of the molecule is Clc1ccc([C@@H]2CN(c3ccccc3)CCN2)cc1. The summed E-state index contributed by atoms with van der Waals surface area (Å²) >= 11 is 5.94. The number of nitrogens with one attached hydrogen (secondary N) is 1. The van der Waals surface area contributed by atoms with Crippen LogP contribution in [0.15, 0.2) is 54.6 Å². The Balaban J connectivity index is 1.76. The first-order valence-corrected chi connectivity index (χ1v) is 6.99. The molecule has 2 nitrogen and oxygen atoms in total. The molecule has 1 N–H and O–H groups in total. The molecule has 3 heteroatoms. The molecule has 0 radical (unpaired) electrons. The first-order valence-electron chi connectivity index (χ1n) is 6.62. The van der Waals surface area contributed by atoms with Gasteiger partial charge in [-0.05, 0) is 29.8 Å². The first kappa shape index (κ1) is 12.5. The molecule has 19 heavy (non-hydrogen) atoms. The summed E-state index contributed by atoms with van der Waals surface area (Å²) in [6, 6.07) is 19.1. The molecule has 0 aromatic heterocycles. The van der Waals surface area contributed by atoms with Crippen LogP contribution in [0.25, 0.3) is 0 Å². The number of benzene rings is 2. The molecule has 2 aromatic rings. The van der Waals surface area contributed by atoms with Crippen molar-refractivity contribution in [3.63, 3.8) is 0 Å². The molecule has 0 bridgehead atoms. The molecule has 0 spiro atoms. The molecule has 0 saturated carbocycles.